The summed E-state index contributed by atoms with van der Waals surface area (Å²) in [5, 5.41) is 0.557. The predicted octanol–water partition coefficient (Wildman–Crippen LogP) is 4.21. The summed E-state index contributed by atoms with van der Waals surface area (Å²) >= 11 is 11.0. The van der Waals surface area contributed by atoms with Crippen LogP contribution in [0.25, 0.3) is 6.08 Å². The first-order valence-electron chi connectivity index (χ1n) is 9.60. The van der Waals surface area contributed by atoms with Gasteiger partial charge in [-0.1, -0.05) is 69.2 Å². The third kappa shape index (κ3) is 4.18. The average molecular weight is 518 g/mol. The van der Waals surface area contributed by atoms with Crippen molar-refractivity contribution < 1.29 is 9.53 Å². The molecule has 0 bridgehead atoms. The van der Waals surface area contributed by atoms with Gasteiger partial charge in [0.2, 0.25) is 0 Å². The first-order valence-corrected chi connectivity index (χ1v) is 11.6. The summed E-state index contributed by atoms with van der Waals surface area (Å²) in [6.45, 7) is 3.75. The molecule has 1 aromatic heterocycles. The zero-order chi connectivity index (χ0) is 22.1. The zero-order valence-electron chi connectivity index (χ0n) is 16.8. The lowest BCUT2D eigenvalue weighted by atomic mass is 9.96. The van der Waals surface area contributed by atoms with Crippen LogP contribution >= 0.6 is 38.9 Å². The number of hydrogen-bond acceptors (Lipinski definition) is 5. The van der Waals surface area contributed by atoms with Crippen LogP contribution in [0.2, 0.25) is 5.02 Å². The third-order valence-electron chi connectivity index (χ3n) is 4.89. The second kappa shape index (κ2) is 8.94. The summed E-state index contributed by atoms with van der Waals surface area (Å²) in [6.07, 6.45) is 1.76. The fourth-order valence-corrected chi connectivity index (χ4v) is 4.98. The molecule has 0 spiro atoms. The molecular weight excluding hydrogens is 500 g/mol. The highest BCUT2D eigenvalue weighted by Crippen LogP contribution is 2.31. The topological polar surface area (TPSA) is 60.7 Å². The van der Waals surface area contributed by atoms with Crippen molar-refractivity contribution in [3.8, 4) is 0 Å². The minimum Gasteiger partial charge on any atom is -0.463 e. The molecule has 158 valence electrons. The smallest absolute Gasteiger partial charge is 0.338 e. The fourth-order valence-electron chi connectivity index (χ4n) is 3.49. The van der Waals surface area contributed by atoms with Gasteiger partial charge in [0.05, 0.1) is 28.5 Å². The number of benzene rings is 2. The first-order chi connectivity index (χ1) is 14.9. The van der Waals surface area contributed by atoms with Gasteiger partial charge in [0.1, 0.15) is 0 Å². The number of carbonyl (C=O) groups is 1. The lowest BCUT2D eigenvalue weighted by Crippen LogP contribution is -2.39. The molecule has 0 fully saturated rings. The number of halogens is 2. The van der Waals surface area contributed by atoms with Crippen molar-refractivity contribution in [1.29, 1.82) is 0 Å². The van der Waals surface area contributed by atoms with Gasteiger partial charge in [-0.25, -0.2) is 9.79 Å². The van der Waals surface area contributed by atoms with Gasteiger partial charge in [-0.05, 0) is 49.2 Å². The predicted molar refractivity (Wildman–Crippen MR) is 126 cm³/mol. The van der Waals surface area contributed by atoms with Crippen molar-refractivity contribution in [2.75, 3.05) is 6.61 Å². The van der Waals surface area contributed by atoms with E-state index in [0.29, 0.717) is 25.6 Å². The molecule has 0 saturated carbocycles. The number of rotatable bonds is 4. The summed E-state index contributed by atoms with van der Waals surface area (Å²) in [7, 11) is 0. The maximum Gasteiger partial charge on any atom is 0.338 e. The van der Waals surface area contributed by atoms with Crippen LogP contribution < -0.4 is 14.9 Å². The van der Waals surface area contributed by atoms with Crippen molar-refractivity contribution in [1.82, 2.24) is 4.57 Å². The molecule has 0 amide bonds. The van der Waals surface area contributed by atoms with Gasteiger partial charge in [0.25, 0.3) is 5.56 Å². The number of fused-ring (bicyclic) bond motifs is 1. The Morgan fingerprint density at radius 1 is 1.26 bits per heavy atom. The van der Waals surface area contributed by atoms with E-state index in [2.05, 4.69) is 20.9 Å². The van der Waals surface area contributed by atoms with Gasteiger partial charge in [0.15, 0.2) is 4.80 Å². The van der Waals surface area contributed by atoms with Gasteiger partial charge in [-0.3, -0.25) is 9.36 Å². The van der Waals surface area contributed by atoms with Crippen LogP contribution in [0.3, 0.4) is 0 Å². The summed E-state index contributed by atoms with van der Waals surface area (Å²) < 4.78 is 8.26. The SMILES string of the molecule is CCOC(=O)C1=C(C)N=c2s/c(=C\c3ccccc3Cl)c(=O)n2[C@@H]1c1ccc(Br)cc1. The summed E-state index contributed by atoms with van der Waals surface area (Å²) in [5.74, 6) is -0.475. The van der Waals surface area contributed by atoms with Crippen molar-refractivity contribution in [2.45, 2.75) is 19.9 Å². The standard InChI is InChI=1S/C23H18BrClN2O3S/c1-3-30-22(29)19-13(2)26-23-27(20(19)14-8-10-16(24)11-9-14)21(28)18(31-23)12-15-6-4-5-7-17(15)25/h4-12,20H,3H2,1-2H3/b18-12-/t20-/m1/s1. The number of esters is 1. The van der Waals surface area contributed by atoms with Crippen molar-refractivity contribution >= 4 is 50.9 Å². The molecule has 8 heteroatoms. The normalized spacial score (nSPS) is 16.1. The minimum atomic E-state index is -0.628. The summed E-state index contributed by atoms with van der Waals surface area (Å²) in [5.41, 5.74) is 2.21. The highest BCUT2D eigenvalue weighted by atomic mass is 79.9. The Balaban J connectivity index is 1.97. The highest BCUT2D eigenvalue weighted by Gasteiger charge is 2.33. The largest absolute Gasteiger partial charge is 0.463 e. The second-order valence-electron chi connectivity index (χ2n) is 6.88. The molecule has 2 heterocycles. The van der Waals surface area contributed by atoms with E-state index in [0.717, 1.165) is 15.6 Å². The number of allylic oxidation sites excluding steroid dienone is 1. The van der Waals surface area contributed by atoms with E-state index in [1.54, 1.807) is 30.6 Å². The molecule has 2 aromatic carbocycles. The Kier molecular flexibility index (Phi) is 6.27. The molecule has 0 radical (unpaired) electrons. The Morgan fingerprint density at radius 3 is 2.65 bits per heavy atom. The molecule has 1 atom stereocenters. The number of thiazole rings is 1. The van der Waals surface area contributed by atoms with E-state index < -0.39 is 12.0 Å². The maximum atomic E-state index is 13.5. The van der Waals surface area contributed by atoms with Crippen LogP contribution in [0.4, 0.5) is 0 Å². The molecular formula is C23H18BrClN2O3S. The zero-order valence-corrected chi connectivity index (χ0v) is 19.9. The Hall–Kier alpha value is -2.48. The van der Waals surface area contributed by atoms with Crippen molar-refractivity contribution in [3.63, 3.8) is 0 Å². The van der Waals surface area contributed by atoms with Gasteiger partial charge < -0.3 is 4.74 Å². The molecule has 5 nitrogen and oxygen atoms in total. The maximum absolute atomic E-state index is 13.5. The highest BCUT2D eigenvalue weighted by molar-refractivity contribution is 9.10. The Morgan fingerprint density at radius 2 is 1.97 bits per heavy atom. The molecule has 0 N–H and O–H groups in total. The van der Waals surface area contributed by atoms with Crippen LogP contribution in [-0.4, -0.2) is 17.1 Å². The number of ether oxygens (including phenoxy) is 1. The lowest BCUT2D eigenvalue weighted by Gasteiger charge is -2.24. The van der Waals surface area contributed by atoms with Gasteiger partial charge in [-0.15, -0.1) is 0 Å². The number of hydrogen-bond donors (Lipinski definition) is 0. The molecule has 3 aromatic rings. The molecule has 0 saturated heterocycles. The number of carbonyl (C=O) groups excluding carboxylic acids is 1. The summed E-state index contributed by atoms with van der Waals surface area (Å²) in [6, 6.07) is 14.2. The second-order valence-corrected chi connectivity index (χ2v) is 9.21. The average Bonchev–Trinajstić information content (AvgIpc) is 3.04. The molecule has 0 unspecified atom stereocenters. The van der Waals surface area contributed by atoms with Crippen LogP contribution in [0.5, 0.6) is 0 Å². The van der Waals surface area contributed by atoms with E-state index in [1.165, 1.54) is 11.3 Å². The molecule has 1 aliphatic heterocycles. The number of aromatic nitrogens is 1. The van der Waals surface area contributed by atoms with Crippen molar-refractivity contribution in [3.05, 3.63) is 100 Å². The Bertz CT molecular complexity index is 1370. The van der Waals surface area contributed by atoms with E-state index in [1.807, 2.05) is 42.5 Å². The van der Waals surface area contributed by atoms with E-state index in [4.69, 9.17) is 16.3 Å². The third-order valence-corrected chi connectivity index (χ3v) is 6.75. The van der Waals surface area contributed by atoms with Gasteiger partial charge >= 0.3 is 5.97 Å². The molecule has 4 rings (SSSR count). The van der Waals surface area contributed by atoms with Gasteiger partial charge in [-0.2, -0.15) is 0 Å². The van der Waals surface area contributed by atoms with Crippen molar-refractivity contribution in [2.24, 2.45) is 4.99 Å². The number of nitrogens with zero attached hydrogens (tertiary/aromatic N) is 2. The van der Waals surface area contributed by atoms with E-state index in [9.17, 15) is 9.59 Å². The quantitative estimate of drug-likeness (QED) is 0.487. The summed E-state index contributed by atoms with van der Waals surface area (Å²) in [4.78, 5) is 31.4. The van der Waals surface area contributed by atoms with Crippen LogP contribution in [0.1, 0.15) is 31.0 Å². The van der Waals surface area contributed by atoms with E-state index >= 15 is 0 Å². The molecule has 31 heavy (non-hydrogen) atoms. The van der Waals surface area contributed by atoms with Crippen LogP contribution in [0.15, 0.2) is 74.1 Å². The lowest BCUT2D eigenvalue weighted by molar-refractivity contribution is -0.139. The fraction of sp³-hybridized carbons (Fsp3) is 0.174. The molecule has 0 aliphatic carbocycles. The minimum absolute atomic E-state index is 0.231. The first kappa shape index (κ1) is 21.7. The van der Waals surface area contributed by atoms with Crippen LogP contribution in [-0.2, 0) is 9.53 Å². The Labute approximate surface area is 196 Å². The van der Waals surface area contributed by atoms with Crippen LogP contribution in [0, 0.1) is 0 Å². The van der Waals surface area contributed by atoms with E-state index in [-0.39, 0.29) is 12.2 Å². The molecule has 1 aliphatic rings. The van der Waals surface area contributed by atoms with Gasteiger partial charge in [0, 0.05) is 9.50 Å². The monoisotopic (exact) mass is 516 g/mol.